The molecule has 0 unspecified atom stereocenters. The molecule has 0 atom stereocenters. The van der Waals surface area contributed by atoms with Crippen molar-refractivity contribution in [3.63, 3.8) is 0 Å². The maximum atomic E-state index is 12.2. The first-order valence-corrected chi connectivity index (χ1v) is 9.22. The van der Waals surface area contributed by atoms with Gasteiger partial charge < -0.3 is 24.6 Å². The zero-order valence-electron chi connectivity index (χ0n) is 17.2. The van der Waals surface area contributed by atoms with Gasteiger partial charge in [-0.15, -0.1) is 0 Å². The topological polar surface area (TPSA) is 71.1 Å². The first-order chi connectivity index (χ1) is 12.6. The molecule has 150 valence electrons. The molecule has 1 N–H and O–H groups in total. The molecule has 1 heterocycles. The van der Waals surface area contributed by atoms with Crippen molar-refractivity contribution in [2.24, 2.45) is 0 Å². The largest absolute Gasteiger partial charge is 0.465 e. The minimum absolute atomic E-state index is 0.323. The van der Waals surface area contributed by atoms with Crippen molar-refractivity contribution >= 4 is 17.7 Å². The Morgan fingerprint density at radius 1 is 1.19 bits per heavy atom. The number of carbonyl (C=O) groups excluding carboxylic acids is 2. The van der Waals surface area contributed by atoms with E-state index in [2.05, 4.69) is 11.4 Å². The fraction of sp³-hybridized carbons (Fsp3) is 0.600. The summed E-state index contributed by atoms with van der Waals surface area (Å²) in [6.07, 6.45) is 0.529. The average Bonchev–Trinajstić information content (AvgIpc) is 2.62. The van der Waals surface area contributed by atoms with Crippen LogP contribution in [0.4, 0.5) is 10.5 Å². The molecule has 0 saturated heterocycles. The summed E-state index contributed by atoms with van der Waals surface area (Å²) in [5, 5.41) is 3.30. The molecular weight excluding hydrogens is 346 g/mol. The number of benzene rings is 1. The maximum absolute atomic E-state index is 12.2. The van der Waals surface area contributed by atoms with E-state index < -0.39 is 5.60 Å². The number of hydrogen-bond acceptors (Lipinski definition) is 6. The second kappa shape index (κ2) is 8.61. The van der Waals surface area contributed by atoms with Crippen LogP contribution in [0.5, 0.6) is 0 Å². The smallest absolute Gasteiger partial charge is 0.410 e. The SMILES string of the molecule is COC(=O)c1cc(N(C)CCN(C)C(=O)OC(C)(C)C)cc2c1CNCC2. The second-order valence-electron chi connectivity index (χ2n) is 7.87. The van der Waals surface area contributed by atoms with Gasteiger partial charge in [0.1, 0.15) is 5.60 Å². The molecule has 7 nitrogen and oxygen atoms in total. The van der Waals surface area contributed by atoms with E-state index in [0.29, 0.717) is 25.2 Å². The predicted molar refractivity (Wildman–Crippen MR) is 105 cm³/mol. The Labute approximate surface area is 161 Å². The number of nitrogens with one attached hydrogen (secondary N) is 1. The molecule has 1 aromatic rings. The number of amides is 1. The highest BCUT2D eigenvalue weighted by Gasteiger charge is 2.22. The monoisotopic (exact) mass is 377 g/mol. The lowest BCUT2D eigenvalue weighted by molar-refractivity contribution is 0.0303. The second-order valence-corrected chi connectivity index (χ2v) is 7.87. The van der Waals surface area contributed by atoms with Gasteiger partial charge in [0, 0.05) is 39.4 Å². The van der Waals surface area contributed by atoms with Gasteiger partial charge in [0.25, 0.3) is 0 Å². The van der Waals surface area contributed by atoms with Crippen LogP contribution in [0.1, 0.15) is 42.3 Å². The molecule has 1 amide bonds. The Bertz CT molecular complexity index is 697. The molecule has 0 aliphatic carbocycles. The Morgan fingerprint density at radius 2 is 1.89 bits per heavy atom. The fourth-order valence-corrected chi connectivity index (χ4v) is 2.96. The first-order valence-electron chi connectivity index (χ1n) is 9.22. The Morgan fingerprint density at radius 3 is 2.52 bits per heavy atom. The van der Waals surface area contributed by atoms with Crippen molar-refractivity contribution in [1.82, 2.24) is 10.2 Å². The molecule has 0 spiro atoms. The molecular formula is C20H31N3O4. The quantitative estimate of drug-likeness (QED) is 0.795. The molecule has 2 rings (SSSR count). The number of likely N-dealkylation sites (N-methyl/N-ethyl adjacent to an activating group) is 2. The minimum atomic E-state index is -0.515. The van der Waals surface area contributed by atoms with E-state index in [-0.39, 0.29) is 12.1 Å². The van der Waals surface area contributed by atoms with Crippen LogP contribution >= 0.6 is 0 Å². The third kappa shape index (κ3) is 5.60. The van der Waals surface area contributed by atoms with Crippen molar-refractivity contribution in [2.45, 2.75) is 39.3 Å². The normalized spacial score (nSPS) is 13.6. The number of methoxy groups -OCH3 is 1. The number of fused-ring (bicyclic) bond motifs is 1. The summed E-state index contributed by atoms with van der Waals surface area (Å²) >= 11 is 0. The zero-order chi connectivity index (χ0) is 20.2. The Balaban J connectivity index is 2.11. The Kier molecular flexibility index (Phi) is 6.70. The fourth-order valence-electron chi connectivity index (χ4n) is 2.96. The van der Waals surface area contributed by atoms with Gasteiger partial charge in [-0.2, -0.15) is 0 Å². The third-order valence-electron chi connectivity index (χ3n) is 4.52. The van der Waals surface area contributed by atoms with Crippen molar-refractivity contribution in [2.75, 3.05) is 45.7 Å². The highest BCUT2D eigenvalue weighted by molar-refractivity contribution is 5.93. The van der Waals surface area contributed by atoms with Gasteiger partial charge in [-0.3, -0.25) is 0 Å². The summed E-state index contributed by atoms with van der Waals surface area (Å²) in [6, 6.07) is 3.99. The van der Waals surface area contributed by atoms with Gasteiger partial charge >= 0.3 is 12.1 Å². The zero-order valence-corrected chi connectivity index (χ0v) is 17.2. The van der Waals surface area contributed by atoms with Gasteiger partial charge in [0.05, 0.1) is 12.7 Å². The van der Waals surface area contributed by atoms with Gasteiger partial charge in [0.2, 0.25) is 0 Å². The molecule has 0 saturated carbocycles. The lowest BCUT2D eigenvalue weighted by Gasteiger charge is -2.28. The average molecular weight is 377 g/mol. The predicted octanol–water partition coefficient (Wildman–Crippen LogP) is 2.42. The van der Waals surface area contributed by atoms with Gasteiger partial charge in [0.15, 0.2) is 0 Å². The molecule has 0 bridgehead atoms. The van der Waals surface area contributed by atoms with Crippen molar-refractivity contribution in [1.29, 1.82) is 0 Å². The molecule has 1 aromatic carbocycles. The number of rotatable bonds is 5. The lowest BCUT2D eigenvalue weighted by atomic mass is 9.94. The van der Waals surface area contributed by atoms with Crippen molar-refractivity contribution in [3.8, 4) is 0 Å². The highest BCUT2D eigenvalue weighted by Crippen LogP contribution is 2.26. The number of esters is 1. The molecule has 0 radical (unpaired) electrons. The lowest BCUT2D eigenvalue weighted by Crippen LogP contribution is -2.38. The summed E-state index contributed by atoms with van der Waals surface area (Å²) in [7, 11) is 5.07. The van der Waals surface area contributed by atoms with Crippen LogP contribution < -0.4 is 10.2 Å². The van der Waals surface area contributed by atoms with Gasteiger partial charge in [-0.1, -0.05) is 0 Å². The van der Waals surface area contributed by atoms with Crippen LogP contribution in [-0.4, -0.2) is 63.4 Å². The maximum Gasteiger partial charge on any atom is 0.410 e. The van der Waals surface area contributed by atoms with E-state index in [9.17, 15) is 9.59 Å². The minimum Gasteiger partial charge on any atom is -0.465 e. The molecule has 7 heteroatoms. The van der Waals surface area contributed by atoms with Crippen LogP contribution in [0.25, 0.3) is 0 Å². The van der Waals surface area contributed by atoms with E-state index in [1.807, 2.05) is 38.8 Å². The number of ether oxygens (including phenoxy) is 2. The summed E-state index contributed by atoms with van der Waals surface area (Å²) in [4.78, 5) is 27.9. The molecule has 0 fully saturated rings. The molecule has 1 aliphatic rings. The van der Waals surface area contributed by atoms with Crippen LogP contribution in [0.15, 0.2) is 12.1 Å². The van der Waals surface area contributed by atoms with Crippen LogP contribution in [0.3, 0.4) is 0 Å². The van der Waals surface area contributed by atoms with E-state index in [4.69, 9.17) is 9.47 Å². The van der Waals surface area contributed by atoms with E-state index >= 15 is 0 Å². The van der Waals surface area contributed by atoms with Crippen LogP contribution in [0, 0.1) is 0 Å². The van der Waals surface area contributed by atoms with Gasteiger partial charge in [-0.05, 0) is 57.0 Å². The van der Waals surface area contributed by atoms with E-state index in [0.717, 1.165) is 24.2 Å². The first kappa shape index (κ1) is 21.0. The molecule has 27 heavy (non-hydrogen) atoms. The summed E-state index contributed by atoms with van der Waals surface area (Å²) in [5.41, 5.74) is 3.20. The standard InChI is InChI=1S/C20H31N3O4/c1-20(2,3)27-19(25)23(5)10-9-22(4)15-11-14-7-8-21-13-17(14)16(12-15)18(24)26-6/h11-12,21H,7-10,13H2,1-6H3. The van der Waals surface area contributed by atoms with Gasteiger partial charge in [-0.25, -0.2) is 9.59 Å². The van der Waals surface area contributed by atoms with Crippen molar-refractivity contribution in [3.05, 3.63) is 28.8 Å². The molecule has 0 aromatic heterocycles. The number of hydrogen-bond donors (Lipinski definition) is 1. The summed E-state index contributed by atoms with van der Waals surface area (Å²) in [6.45, 7) is 8.24. The molecule has 1 aliphatic heterocycles. The summed E-state index contributed by atoms with van der Waals surface area (Å²) in [5.74, 6) is -0.323. The summed E-state index contributed by atoms with van der Waals surface area (Å²) < 4.78 is 10.3. The van der Waals surface area contributed by atoms with Crippen LogP contribution in [-0.2, 0) is 22.4 Å². The van der Waals surface area contributed by atoms with E-state index in [1.165, 1.54) is 12.7 Å². The number of nitrogens with zero attached hydrogens (tertiary/aromatic N) is 2. The van der Waals surface area contributed by atoms with Crippen molar-refractivity contribution < 1.29 is 19.1 Å². The number of anilines is 1. The highest BCUT2D eigenvalue weighted by atomic mass is 16.6. The Hall–Kier alpha value is -2.28. The number of carbonyl (C=O) groups is 2. The third-order valence-corrected chi connectivity index (χ3v) is 4.52. The van der Waals surface area contributed by atoms with Crippen LogP contribution in [0.2, 0.25) is 0 Å². The van der Waals surface area contributed by atoms with E-state index in [1.54, 1.807) is 11.9 Å².